The number of ether oxygens (including phenoxy) is 2. The molecule has 0 radical (unpaired) electrons. The van der Waals surface area contributed by atoms with E-state index in [1.54, 1.807) is 38.4 Å². The first-order chi connectivity index (χ1) is 12.1. The number of methoxy groups -OCH3 is 2. The molecule has 2 aromatic carbocycles. The van der Waals surface area contributed by atoms with Gasteiger partial charge in [-0.1, -0.05) is 18.2 Å². The minimum Gasteiger partial charge on any atom is -0.497 e. The van der Waals surface area contributed by atoms with Gasteiger partial charge < -0.3 is 14.4 Å². The molecule has 0 fully saturated rings. The van der Waals surface area contributed by atoms with Crippen molar-refractivity contribution in [2.45, 2.75) is 6.54 Å². The molecule has 0 saturated heterocycles. The molecule has 1 aromatic heterocycles. The summed E-state index contributed by atoms with van der Waals surface area (Å²) in [5, 5.41) is 0.948. The molecule has 0 spiro atoms. The Kier molecular flexibility index (Phi) is 4.84. The van der Waals surface area contributed by atoms with Gasteiger partial charge in [-0.25, -0.2) is 0 Å². The van der Waals surface area contributed by atoms with Crippen LogP contribution in [0.2, 0.25) is 0 Å². The standard InChI is InChI=1S/C20H20N2O3/c1-22(13-15-9-10-16(24-2)12-18(15)25-3)20(23)17-8-4-6-14-7-5-11-21-19(14)17/h4-12H,13H2,1-3H3. The fourth-order valence-electron chi connectivity index (χ4n) is 2.79. The molecule has 5 nitrogen and oxygen atoms in total. The van der Waals surface area contributed by atoms with E-state index >= 15 is 0 Å². The molecule has 0 saturated carbocycles. The molecule has 1 heterocycles. The topological polar surface area (TPSA) is 51.7 Å². The highest BCUT2D eigenvalue weighted by Crippen LogP contribution is 2.26. The molecule has 25 heavy (non-hydrogen) atoms. The van der Waals surface area contributed by atoms with E-state index in [4.69, 9.17) is 9.47 Å². The van der Waals surface area contributed by atoms with Crippen LogP contribution in [0.3, 0.4) is 0 Å². The van der Waals surface area contributed by atoms with Gasteiger partial charge in [-0.2, -0.15) is 0 Å². The number of carbonyl (C=O) groups is 1. The third-order valence-corrected chi connectivity index (χ3v) is 4.11. The molecular formula is C20H20N2O3. The molecule has 0 atom stereocenters. The first kappa shape index (κ1) is 16.8. The smallest absolute Gasteiger partial charge is 0.256 e. The number of hydrogen-bond donors (Lipinski definition) is 0. The van der Waals surface area contributed by atoms with Gasteiger partial charge in [0.05, 0.1) is 25.3 Å². The summed E-state index contributed by atoms with van der Waals surface area (Å²) in [5.74, 6) is 1.32. The van der Waals surface area contributed by atoms with Crippen molar-refractivity contribution >= 4 is 16.8 Å². The Morgan fingerprint density at radius 1 is 1.08 bits per heavy atom. The predicted octanol–water partition coefficient (Wildman–Crippen LogP) is 3.52. The van der Waals surface area contributed by atoms with Crippen molar-refractivity contribution < 1.29 is 14.3 Å². The van der Waals surface area contributed by atoms with Gasteiger partial charge in [0.25, 0.3) is 5.91 Å². The van der Waals surface area contributed by atoms with Crippen molar-refractivity contribution in [3.05, 3.63) is 65.9 Å². The quantitative estimate of drug-likeness (QED) is 0.715. The third kappa shape index (κ3) is 3.40. The van der Waals surface area contributed by atoms with Gasteiger partial charge in [0.2, 0.25) is 0 Å². The van der Waals surface area contributed by atoms with Gasteiger partial charge in [-0.05, 0) is 24.3 Å². The van der Waals surface area contributed by atoms with Crippen molar-refractivity contribution in [3.63, 3.8) is 0 Å². The van der Waals surface area contributed by atoms with E-state index in [1.807, 2.05) is 42.5 Å². The number of amides is 1. The van der Waals surface area contributed by atoms with Crippen LogP contribution in [0.5, 0.6) is 11.5 Å². The summed E-state index contributed by atoms with van der Waals surface area (Å²) in [6.07, 6.45) is 1.70. The number of nitrogens with zero attached hydrogens (tertiary/aromatic N) is 2. The Balaban J connectivity index is 1.88. The second kappa shape index (κ2) is 7.21. The van der Waals surface area contributed by atoms with Crippen molar-refractivity contribution in [1.29, 1.82) is 0 Å². The molecule has 0 aliphatic carbocycles. The minimum absolute atomic E-state index is 0.0813. The first-order valence-electron chi connectivity index (χ1n) is 7.94. The Morgan fingerprint density at radius 3 is 2.64 bits per heavy atom. The Labute approximate surface area is 146 Å². The number of para-hydroxylation sites is 1. The van der Waals surface area contributed by atoms with E-state index < -0.39 is 0 Å². The maximum absolute atomic E-state index is 12.9. The Bertz CT molecular complexity index is 903. The monoisotopic (exact) mass is 336 g/mol. The summed E-state index contributed by atoms with van der Waals surface area (Å²) < 4.78 is 10.6. The zero-order valence-corrected chi connectivity index (χ0v) is 14.5. The predicted molar refractivity (Wildman–Crippen MR) is 97.1 cm³/mol. The van der Waals surface area contributed by atoms with Gasteiger partial charge in [-0.15, -0.1) is 0 Å². The zero-order chi connectivity index (χ0) is 17.8. The van der Waals surface area contributed by atoms with Crippen LogP contribution < -0.4 is 9.47 Å². The summed E-state index contributed by atoms with van der Waals surface area (Å²) in [6, 6.07) is 15.0. The molecule has 3 rings (SSSR count). The lowest BCUT2D eigenvalue weighted by molar-refractivity contribution is 0.0786. The molecule has 1 amide bonds. The van der Waals surface area contributed by atoms with Crippen LogP contribution in [0.1, 0.15) is 15.9 Å². The van der Waals surface area contributed by atoms with E-state index in [0.717, 1.165) is 10.9 Å². The molecule has 0 aliphatic rings. The van der Waals surface area contributed by atoms with Crippen LogP contribution in [0.25, 0.3) is 10.9 Å². The number of fused-ring (bicyclic) bond motifs is 1. The Hall–Kier alpha value is -3.08. The summed E-state index contributed by atoms with van der Waals surface area (Å²) >= 11 is 0. The van der Waals surface area contributed by atoms with E-state index in [9.17, 15) is 4.79 Å². The lowest BCUT2D eigenvalue weighted by Gasteiger charge is -2.20. The van der Waals surface area contributed by atoms with Crippen LogP contribution in [0.15, 0.2) is 54.7 Å². The third-order valence-electron chi connectivity index (χ3n) is 4.11. The van der Waals surface area contributed by atoms with Crippen LogP contribution in [0, 0.1) is 0 Å². The highest BCUT2D eigenvalue weighted by molar-refractivity contribution is 6.05. The van der Waals surface area contributed by atoms with Crippen molar-refractivity contribution in [1.82, 2.24) is 9.88 Å². The van der Waals surface area contributed by atoms with Crippen LogP contribution in [0.4, 0.5) is 0 Å². The summed E-state index contributed by atoms with van der Waals surface area (Å²) in [5.41, 5.74) is 2.21. The number of aromatic nitrogens is 1. The van der Waals surface area contributed by atoms with Crippen molar-refractivity contribution in [2.24, 2.45) is 0 Å². The van der Waals surface area contributed by atoms with Gasteiger partial charge in [-0.3, -0.25) is 9.78 Å². The largest absolute Gasteiger partial charge is 0.497 e. The fourth-order valence-corrected chi connectivity index (χ4v) is 2.79. The van der Waals surface area contributed by atoms with E-state index in [2.05, 4.69) is 4.98 Å². The molecular weight excluding hydrogens is 316 g/mol. The second-order valence-corrected chi connectivity index (χ2v) is 5.72. The van der Waals surface area contributed by atoms with Crippen LogP contribution in [-0.2, 0) is 6.54 Å². The number of pyridine rings is 1. The highest BCUT2D eigenvalue weighted by Gasteiger charge is 2.17. The first-order valence-corrected chi connectivity index (χ1v) is 7.94. The Morgan fingerprint density at radius 2 is 1.88 bits per heavy atom. The normalized spacial score (nSPS) is 10.5. The number of hydrogen-bond acceptors (Lipinski definition) is 4. The molecule has 0 aliphatic heterocycles. The van der Waals surface area contributed by atoms with Crippen LogP contribution >= 0.6 is 0 Å². The molecule has 0 N–H and O–H groups in total. The van der Waals surface area contributed by atoms with Gasteiger partial charge in [0, 0.05) is 36.8 Å². The van der Waals surface area contributed by atoms with E-state index in [1.165, 1.54) is 0 Å². The number of rotatable bonds is 5. The second-order valence-electron chi connectivity index (χ2n) is 5.72. The minimum atomic E-state index is -0.0813. The van der Waals surface area contributed by atoms with Gasteiger partial charge in [0.15, 0.2) is 0 Å². The maximum atomic E-state index is 12.9. The highest BCUT2D eigenvalue weighted by atomic mass is 16.5. The number of carbonyl (C=O) groups excluding carboxylic acids is 1. The summed E-state index contributed by atoms with van der Waals surface area (Å²) in [4.78, 5) is 18.9. The molecule has 3 aromatic rings. The van der Waals surface area contributed by atoms with Gasteiger partial charge in [0.1, 0.15) is 11.5 Å². The van der Waals surface area contributed by atoms with E-state index in [-0.39, 0.29) is 5.91 Å². The SMILES string of the molecule is COc1ccc(CN(C)C(=O)c2cccc3cccnc23)c(OC)c1. The maximum Gasteiger partial charge on any atom is 0.256 e. The fraction of sp³-hybridized carbons (Fsp3) is 0.200. The average Bonchev–Trinajstić information content (AvgIpc) is 2.67. The van der Waals surface area contributed by atoms with Crippen LogP contribution in [-0.4, -0.2) is 37.1 Å². The average molecular weight is 336 g/mol. The van der Waals surface area contributed by atoms with Crippen molar-refractivity contribution in [2.75, 3.05) is 21.3 Å². The lowest BCUT2D eigenvalue weighted by atomic mass is 10.1. The lowest BCUT2D eigenvalue weighted by Crippen LogP contribution is -2.26. The zero-order valence-electron chi connectivity index (χ0n) is 14.5. The summed E-state index contributed by atoms with van der Waals surface area (Å²) in [7, 11) is 4.99. The van der Waals surface area contributed by atoms with Gasteiger partial charge >= 0.3 is 0 Å². The number of benzene rings is 2. The molecule has 0 bridgehead atoms. The molecule has 5 heteroatoms. The van der Waals surface area contributed by atoms with E-state index in [0.29, 0.717) is 29.1 Å². The molecule has 128 valence electrons. The summed E-state index contributed by atoms with van der Waals surface area (Å²) in [6.45, 7) is 0.426. The van der Waals surface area contributed by atoms with Crippen molar-refractivity contribution in [3.8, 4) is 11.5 Å². The molecule has 0 unspecified atom stereocenters.